The molecule has 0 radical (unpaired) electrons. The summed E-state index contributed by atoms with van der Waals surface area (Å²) >= 11 is 3.37. The number of hydrogen-bond donors (Lipinski definition) is 1. The van der Waals surface area contributed by atoms with Crippen LogP contribution in [0.2, 0.25) is 0 Å². The van der Waals surface area contributed by atoms with Crippen molar-refractivity contribution in [3.63, 3.8) is 0 Å². The van der Waals surface area contributed by atoms with E-state index in [1.807, 2.05) is 11.8 Å². The average molecular weight is 299 g/mol. The summed E-state index contributed by atoms with van der Waals surface area (Å²) in [5, 5.41) is 0. The van der Waals surface area contributed by atoms with E-state index in [0.29, 0.717) is 28.2 Å². The van der Waals surface area contributed by atoms with E-state index >= 15 is 0 Å². The van der Waals surface area contributed by atoms with Crippen LogP contribution in [0.4, 0.5) is 5.69 Å². The molecule has 4 heteroatoms. The zero-order chi connectivity index (χ0) is 13.0. The number of hydrogen-bond acceptors (Lipinski definition) is 2. The van der Waals surface area contributed by atoms with E-state index in [1.165, 1.54) is 0 Å². The molecule has 0 unspecified atom stereocenters. The van der Waals surface area contributed by atoms with Crippen LogP contribution in [0.15, 0.2) is 22.7 Å². The second-order valence-corrected chi connectivity index (χ2v) is 5.24. The molecule has 94 valence electrons. The van der Waals surface area contributed by atoms with Crippen LogP contribution in [0.25, 0.3) is 0 Å². The monoisotopic (exact) mass is 298 g/mol. The van der Waals surface area contributed by atoms with Crippen molar-refractivity contribution in [2.75, 3.05) is 18.8 Å². The summed E-state index contributed by atoms with van der Waals surface area (Å²) in [4.78, 5) is 14.2. The summed E-state index contributed by atoms with van der Waals surface area (Å²) in [6.45, 7) is 7.66. The summed E-state index contributed by atoms with van der Waals surface area (Å²) in [5.74, 6) is 0.485. The van der Waals surface area contributed by atoms with Gasteiger partial charge in [-0.1, -0.05) is 19.9 Å². The summed E-state index contributed by atoms with van der Waals surface area (Å²) in [6.07, 6.45) is 0. The predicted molar refractivity (Wildman–Crippen MR) is 75.0 cm³/mol. The Bertz CT molecular complexity index is 404. The number of rotatable bonds is 4. The molecule has 3 nitrogen and oxygen atoms in total. The number of nitrogens with zero attached hydrogens (tertiary/aromatic N) is 1. The highest BCUT2D eigenvalue weighted by molar-refractivity contribution is 9.10. The Labute approximate surface area is 111 Å². The summed E-state index contributed by atoms with van der Waals surface area (Å²) in [7, 11) is 0. The second kappa shape index (κ2) is 6.05. The number of anilines is 1. The van der Waals surface area contributed by atoms with Gasteiger partial charge in [0, 0.05) is 18.8 Å². The largest absolute Gasteiger partial charge is 0.398 e. The van der Waals surface area contributed by atoms with E-state index in [2.05, 4.69) is 29.8 Å². The van der Waals surface area contributed by atoms with Crippen molar-refractivity contribution < 1.29 is 4.79 Å². The molecule has 0 aliphatic rings. The van der Waals surface area contributed by atoms with Crippen LogP contribution < -0.4 is 5.73 Å². The first kappa shape index (κ1) is 14.0. The van der Waals surface area contributed by atoms with E-state index in [-0.39, 0.29) is 5.91 Å². The molecule has 0 aromatic heterocycles. The SMILES string of the molecule is CCN(CC(C)C)C(=O)c1cccc(N)c1Br. The van der Waals surface area contributed by atoms with Crippen LogP contribution in [0, 0.1) is 5.92 Å². The van der Waals surface area contributed by atoms with Gasteiger partial charge in [-0.05, 0) is 40.9 Å². The lowest BCUT2D eigenvalue weighted by Gasteiger charge is -2.23. The Kier molecular flexibility index (Phi) is 5.00. The number of benzene rings is 1. The van der Waals surface area contributed by atoms with Gasteiger partial charge in [0.25, 0.3) is 5.91 Å². The molecule has 1 rings (SSSR count). The third-order valence-corrected chi connectivity index (χ3v) is 3.40. The van der Waals surface area contributed by atoms with Gasteiger partial charge in [0.05, 0.1) is 10.0 Å². The van der Waals surface area contributed by atoms with Crippen molar-refractivity contribution in [1.29, 1.82) is 0 Å². The van der Waals surface area contributed by atoms with E-state index in [9.17, 15) is 4.79 Å². The number of halogens is 1. The molecule has 1 aromatic rings. The molecule has 0 aliphatic carbocycles. The van der Waals surface area contributed by atoms with Crippen molar-refractivity contribution >= 4 is 27.5 Å². The van der Waals surface area contributed by atoms with Crippen LogP contribution in [0.3, 0.4) is 0 Å². The minimum absolute atomic E-state index is 0.0281. The molecule has 0 saturated heterocycles. The number of nitrogen functional groups attached to an aromatic ring is 1. The fourth-order valence-electron chi connectivity index (χ4n) is 1.68. The number of amides is 1. The first-order valence-electron chi connectivity index (χ1n) is 5.80. The highest BCUT2D eigenvalue weighted by Gasteiger charge is 2.18. The molecule has 0 bridgehead atoms. The van der Waals surface area contributed by atoms with Crippen molar-refractivity contribution in [3.8, 4) is 0 Å². The molecule has 0 aliphatic heterocycles. The number of carbonyl (C=O) groups excluding carboxylic acids is 1. The Morgan fingerprint density at radius 1 is 1.47 bits per heavy atom. The molecular formula is C13H19BrN2O. The van der Waals surface area contributed by atoms with Crippen LogP contribution in [0.1, 0.15) is 31.1 Å². The first-order chi connectivity index (χ1) is 7.97. The highest BCUT2D eigenvalue weighted by atomic mass is 79.9. The van der Waals surface area contributed by atoms with Crippen molar-refractivity contribution in [2.45, 2.75) is 20.8 Å². The van der Waals surface area contributed by atoms with Crippen LogP contribution in [0.5, 0.6) is 0 Å². The Balaban J connectivity index is 2.98. The first-order valence-corrected chi connectivity index (χ1v) is 6.59. The highest BCUT2D eigenvalue weighted by Crippen LogP contribution is 2.25. The lowest BCUT2D eigenvalue weighted by Crippen LogP contribution is -2.34. The van der Waals surface area contributed by atoms with Crippen LogP contribution >= 0.6 is 15.9 Å². The minimum Gasteiger partial charge on any atom is -0.398 e. The van der Waals surface area contributed by atoms with E-state index < -0.39 is 0 Å². The van der Waals surface area contributed by atoms with Crippen molar-refractivity contribution in [1.82, 2.24) is 4.90 Å². The van der Waals surface area contributed by atoms with Gasteiger partial charge in [0.1, 0.15) is 0 Å². The number of carbonyl (C=O) groups is 1. The molecule has 2 N–H and O–H groups in total. The van der Waals surface area contributed by atoms with E-state index in [4.69, 9.17) is 5.73 Å². The molecule has 0 fully saturated rings. The van der Waals surface area contributed by atoms with Gasteiger partial charge in [-0.15, -0.1) is 0 Å². The normalized spacial score (nSPS) is 10.6. The smallest absolute Gasteiger partial charge is 0.255 e. The zero-order valence-electron chi connectivity index (χ0n) is 10.5. The van der Waals surface area contributed by atoms with Gasteiger partial charge in [-0.25, -0.2) is 0 Å². The van der Waals surface area contributed by atoms with Gasteiger partial charge in [0.15, 0.2) is 0 Å². The molecule has 1 amide bonds. The Hall–Kier alpha value is -1.03. The Morgan fingerprint density at radius 2 is 2.12 bits per heavy atom. The molecule has 0 spiro atoms. The van der Waals surface area contributed by atoms with Crippen molar-refractivity contribution in [3.05, 3.63) is 28.2 Å². The van der Waals surface area contributed by atoms with E-state index in [0.717, 1.165) is 6.54 Å². The lowest BCUT2D eigenvalue weighted by molar-refractivity contribution is 0.0745. The minimum atomic E-state index is 0.0281. The zero-order valence-corrected chi connectivity index (χ0v) is 12.1. The molecule has 17 heavy (non-hydrogen) atoms. The maximum absolute atomic E-state index is 12.3. The standard InChI is InChI=1S/C13H19BrN2O/c1-4-16(8-9(2)3)13(17)10-6-5-7-11(15)12(10)14/h5-7,9H,4,8,15H2,1-3H3. The third kappa shape index (κ3) is 3.46. The number of nitrogens with two attached hydrogens (primary N) is 1. The molecule has 1 aromatic carbocycles. The van der Waals surface area contributed by atoms with Crippen LogP contribution in [-0.4, -0.2) is 23.9 Å². The molecule has 0 heterocycles. The van der Waals surface area contributed by atoms with Gasteiger partial charge < -0.3 is 10.6 Å². The fourth-order valence-corrected chi connectivity index (χ4v) is 2.12. The topological polar surface area (TPSA) is 46.3 Å². The maximum Gasteiger partial charge on any atom is 0.255 e. The van der Waals surface area contributed by atoms with Gasteiger partial charge in [-0.2, -0.15) is 0 Å². The van der Waals surface area contributed by atoms with Gasteiger partial charge in [0.2, 0.25) is 0 Å². The van der Waals surface area contributed by atoms with Crippen LogP contribution in [-0.2, 0) is 0 Å². The molecular weight excluding hydrogens is 280 g/mol. The summed E-state index contributed by atoms with van der Waals surface area (Å²) in [5.41, 5.74) is 7.01. The van der Waals surface area contributed by atoms with Gasteiger partial charge >= 0.3 is 0 Å². The lowest BCUT2D eigenvalue weighted by atomic mass is 10.1. The van der Waals surface area contributed by atoms with Crippen molar-refractivity contribution in [2.24, 2.45) is 5.92 Å². The summed E-state index contributed by atoms with van der Waals surface area (Å²) < 4.78 is 0.687. The summed E-state index contributed by atoms with van der Waals surface area (Å²) in [6, 6.07) is 5.38. The maximum atomic E-state index is 12.3. The average Bonchev–Trinajstić information content (AvgIpc) is 2.28. The predicted octanol–water partition coefficient (Wildman–Crippen LogP) is 3.15. The Morgan fingerprint density at radius 3 is 2.65 bits per heavy atom. The fraction of sp³-hybridized carbons (Fsp3) is 0.462. The quantitative estimate of drug-likeness (QED) is 0.868. The van der Waals surface area contributed by atoms with E-state index in [1.54, 1.807) is 18.2 Å². The van der Waals surface area contributed by atoms with Gasteiger partial charge in [-0.3, -0.25) is 4.79 Å². The second-order valence-electron chi connectivity index (χ2n) is 4.45. The molecule has 0 atom stereocenters. The molecule has 0 saturated carbocycles. The third-order valence-electron chi connectivity index (χ3n) is 2.51.